The number of para-hydroxylation sites is 2. The first-order valence-corrected chi connectivity index (χ1v) is 10.3. The SMILES string of the molecule is Cc1ccc(NC(=O)[C@H]2CCN(S(C)(=O)=O)c3ccccc3O2)cc1Cl. The number of sulfonamides is 1. The fourth-order valence-electron chi connectivity index (χ4n) is 2.75. The van der Waals surface area contributed by atoms with Crippen molar-refractivity contribution < 1.29 is 17.9 Å². The minimum Gasteiger partial charge on any atom is -0.478 e. The number of hydrogen-bond acceptors (Lipinski definition) is 4. The van der Waals surface area contributed by atoms with Gasteiger partial charge in [0, 0.05) is 23.7 Å². The molecule has 138 valence electrons. The molecule has 1 N–H and O–H groups in total. The number of fused-ring (bicyclic) bond motifs is 1. The summed E-state index contributed by atoms with van der Waals surface area (Å²) in [6, 6.07) is 12.0. The number of carbonyl (C=O) groups excluding carboxylic acids is 1. The molecule has 8 heteroatoms. The second-order valence-electron chi connectivity index (χ2n) is 6.15. The molecule has 2 aromatic carbocycles. The van der Waals surface area contributed by atoms with Gasteiger partial charge in [-0.1, -0.05) is 29.8 Å². The second kappa shape index (κ2) is 7.17. The monoisotopic (exact) mass is 394 g/mol. The number of benzene rings is 2. The predicted molar refractivity (Wildman–Crippen MR) is 102 cm³/mol. The van der Waals surface area contributed by atoms with E-state index in [1.165, 1.54) is 4.31 Å². The number of aryl methyl sites for hydroxylation is 1. The van der Waals surface area contributed by atoms with Crippen LogP contribution in [0, 0.1) is 6.92 Å². The van der Waals surface area contributed by atoms with Crippen LogP contribution in [-0.2, 0) is 14.8 Å². The topological polar surface area (TPSA) is 75.7 Å². The number of hydrogen-bond donors (Lipinski definition) is 1. The Labute approximate surface area is 157 Å². The average Bonchev–Trinajstić information content (AvgIpc) is 2.77. The summed E-state index contributed by atoms with van der Waals surface area (Å²) in [5, 5.41) is 3.33. The zero-order valence-corrected chi connectivity index (χ0v) is 16.0. The molecule has 3 rings (SSSR count). The molecule has 0 unspecified atom stereocenters. The van der Waals surface area contributed by atoms with Crippen LogP contribution in [0.25, 0.3) is 0 Å². The van der Waals surface area contributed by atoms with E-state index >= 15 is 0 Å². The summed E-state index contributed by atoms with van der Waals surface area (Å²) >= 11 is 6.09. The minimum atomic E-state index is -3.48. The lowest BCUT2D eigenvalue weighted by molar-refractivity contribution is -0.122. The number of anilines is 2. The molecule has 0 saturated carbocycles. The summed E-state index contributed by atoms with van der Waals surface area (Å²) < 4.78 is 31.3. The molecule has 0 fully saturated rings. The molecule has 0 aromatic heterocycles. The van der Waals surface area contributed by atoms with E-state index in [-0.39, 0.29) is 18.9 Å². The first-order valence-electron chi connectivity index (χ1n) is 8.06. The van der Waals surface area contributed by atoms with Gasteiger partial charge in [0.25, 0.3) is 5.91 Å². The fourth-order valence-corrected chi connectivity index (χ4v) is 3.88. The van der Waals surface area contributed by atoms with Crippen LogP contribution in [0.5, 0.6) is 5.75 Å². The van der Waals surface area contributed by atoms with Crippen molar-refractivity contribution in [1.82, 2.24) is 0 Å². The third-order valence-corrected chi connectivity index (χ3v) is 5.72. The summed E-state index contributed by atoms with van der Waals surface area (Å²) in [6.07, 6.45) is 0.550. The standard InChI is InChI=1S/C18H19ClN2O4S/c1-12-7-8-13(11-14(12)19)20-18(22)17-9-10-21(26(2,23)24)15-5-3-4-6-16(15)25-17/h3-8,11,17H,9-10H2,1-2H3,(H,20,22)/t17-/m1/s1. The van der Waals surface area contributed by atoms with E-state index in [2.05, 4.69) is 5.32 Å². The van der Waals surface area contributed by atoms with E-state index < -0.39 is 16.1 Å². The summed E-state index contributed by atoms with van der Waals surface area (Å²) in [5.74, 6) is 0.00703. The van der Waals surface area contributed by atoms with Gasteiger partial charge in [-0.05, 0) is 36.8 Å². The Bertz CT molecular complexity index is 946. The smallest absolute Gasteiger partial charge is 0.265 e. The zero-order valence-electron chi connectivity index (χ0n) is 14.4. The Morgan fingerprint density at radius 2 is 2.00 bits per heavy atom. The molecule has 26 heavy (non-hydrogen) atoms. The highest BCUT2D eigenvalue weighted by Crippen LogP contribution is 2.34. The van der Waals surface area contributed by atoms with Crippen molar-refractivity contribution >= 4 is 38.9 Å². The van der Waals surface area contributed by atoms with E-state index in [0.717, 1.165) is 11.8 Å². The largest absolute Gasteiger partial charge is 0.478 e. The van der Waals surface area contributed by atoms with Crippen molar-refractivity contribution in [3.05, 3.63) is 53.1 Å². The number of nitrogens with one attached hydrogen (secondary N) is 1. The van der Waals surface area contributed by atoms with Gasteiger partial charge in [0.2, 0.25) is 10.0 Å². The van der Waals surface area contributed by atoms with Gasteiger partial charge in [-0.3, -0.25) is 9.10 Å². The first-order chi connectivity index (χ1) is 12.3. The molecule has 6 nitrogen and oxygen atoms in total. The molecule has 1 aliphatic rings. The van der Waals surface area contributed by atoms with Crippen molar-refractivity contribution in [2.24, 2.45) is 0 Å². The van der Waals surface area contributed by atoms with Crippen LogP contribution in [0.3, 0.4) is 0 Å². The lowest BCUT2D eigenvalue weighted by Crippen LogP contribution is -2.35. The molecule has 1 aliphatic heterocycles. The highest BCUT2D eigenvalue weighted by atomic mass is 35.5. The van der Waals surface area contributed by atoms with Crippen LogP contribution < -0.4 is 14.4 Å². The van der Waals surface area contributed by atoms with Crippen LogP contribution in [0.1, 0.15) is 12.0 Å². The lowest BCUT2D eigenvalue weighted by Gasteiger charge is -2.20. The van der Waals surface area contributed by atoms with Gasteiger partial charge < -0.3 is 10.1 Å². The average molecular weight is 395 g/mol. The maximum Gasteiger partial charge on any atom is 0.265 e. The molecule has 0 radical (unpaired) electrons. The molecule has 1 atom stereocenters. The Balaban J connectivity index is 1.84. The maximum atomic E-state index is 12.6. The Kier molecular flexibility index (Phi) is 5.11. The molecule has 0 saturated heterocycles. The minimum absolute atomic E-state index is 0.155. The van der Waals surface area contributed by atoms with Crippen LogP contribution in [0.2, 0.25) is 5.02 Å². The van der Waals surface area contributed by atoms with Crippen LogP contribution >= 0.6 is 11.6 Å². The molecule has 2 aromatic rings. The van der Waals surface area contributed by atoms with Gasteiger partial charge in [0.05, 0.1) is 11.9 Å². The summed E-state index contributed by atoms with van der Waals surface area (Å²) in [5.41, 5.74) is 1.91. The van der Waals surface area contributed by atoms with Gasteiger partial charge in [-0.15, -0.1) is 0 Å². The second-order valence-corrected chi connectivity index (χ2v) is 8.47. The fraction of sp³-hybridized carbons (Fsp3) is 0.278. The highest BCUT2D eigenvalue weighted by molar-refractivity contribution is 7.92. The van der Waals surface area contributed by atoms with E-state index in [9.17, 15) is 13.2 Å². The molecule has 0 bridgehead atoms. The number of rotatable bonds is 3. The van der Waals surface area contributed by atoms with E-state index in [0.29, 0.717) is 22.1 Å². The van der Waals surface area contributed by atoms with E-state index in [4.69, 9.17) is 16.3 Å². The molecule has 0 aliphatic carbocycles. The number of carbonyl (C=O) groups is 1. The number of ether oxygens (including phenoxy) is 1. The van der Waals surface area contributed by atoms with Crippen molar-refractivity contribution in [1.29, 1.82) is 0 Å². The van der Waals surface area contributed by atoms with Gasteiger partial charge in [-0.25, -0.2) is 8.42 Å². The molecular formula is C18H19ClN2O4S. The van der Waals surface area contributed by atoms with E-state index in [1.54, 1.807) is 36.4 Å². The van der Waals surface area contributed by atoms with Crippen molar-refractivity contribution in [3.63, 3.8) is 0 Å². The Morgan fingerprint density at radius 1 is 1.27 bits per heavy atom. The summed E-state index contributed by atoms with van der Waals surface area (Å²) in [4.78, 5) is 12.6. The number of amides is 1. The third kappa shape index (κ3) is 3.94. The van der Waals surface area contributed by atoms with Crippen molar-refractivity contribution in [2.75, 3.05) is 22.4 Å². The van der Waals surface area contributed by atoms with Crippen molar-refractivity contribution in [3.8, 4) is 5.75 Å². The Morgan fingerprint density at radius 3 is 2.69 bits per heavy atom. The van der Waals surface area contributed by atoms with Gasteiger partial charge in [-0.2, -0.15) is 0 Å². The zero-order chi connectivity index (χ0) is 18.9. The van der Waals surface area contributed by atoms with Crippen molar-refractivity contribution in [2.45, 2.75) is 19.4 Å². The highest BCUT2D eigenvalue weighted by Gasteiger charge is 2.31. The molecule has 1 heterocycles. The first kappa shape index (κ1) is 18.5. The van der Waals surface area contributed by atoms with Crippen LogP contribution in [0.15, 0.2) is 42.5 Å². The van der Waals surface area contributed by atoms with Gasteiger partial charge in [0.15, 0.2) is 6.10 Å². The quantitative estimate of drug-likeness (QED) is 0.867. The van der Waals surface area contributed by atoms with Crippen LogP contribution in [0.4, 0.5) is 11.4 Å². The molecular weight excluding hydrogens is 376 g/mol. The number of halogens is 1. The normalized spacial score (nSPS) is 17.0. The Hall–Kier alpha value is -2.25. The van der Waals surface area contributed by atoms with Crippen LogP contribution in [-0.4, -0.2) is 33.2 Å². The lowest BCUT2D eigenvalue weighted by atomic mass is 10.2. The number of nitrogens with zero attached hydrogens (tertiary/aromatic N) is 1. The van der Waals surface area contributed by atoms with Gasteiger partial charge >= 0.3 is 0 Å². The third-order valence-electron chi connectivity index (χ3n) is 4.13. The summed E-state index contributed by atoms with van der Waals surface area (Å²) in [7, 11) is -3.48. The maximum absolute atomic E-state index is 12.6. The molecule has 1 amide bonds. The van der Waals surface area contributed by atoms with E-state index in [1.807, 2.05) is 13.0 Å². The molecule has 0 spiro atoms. The summed E-state index contributed by atoms with van der Waals surface area (Å²) in [6.45, 7) is 2.03. The van der Waals surface area contributed by atoms with Gasteiger partial charge in [0.1, 0.15) is 5.75 Å². The predicted octanol–water partition coefficient (Wildman–Crippen LogP) is 3.20.